The van der Waals surface area contributed by atoms with Crippen LogP contribution >= 0.6 is 0 Å². The van der Waals surface area contributed by atoms with Gasteiger partial charge in [0.1, 0.15) is 12.3 Å². The lowest BCUT2D eigenvalue weighted by Crippen LogP contribution is -2.39. The van der Waals surface area contributed by atoms with Crippen LogP contribution in [0.3, 0.4) is 0 Å². The maximum atomic E-state index is 11.8. The van der Waals surface area contributed by atoms with Crippen LogP contribution in [-0.4, -0.2) is 22.8 Å². The second-order valence-electron chi connectivity index (χ2n) is 3.03. The van der Waals surface area contributed by atoms with Crippen LogP contribution in [0.15, 0.2) is 28.6 Å². The van der Waals surface area contributed by atoms with Gasteiger partial charge in [0.15, 0.2) is 5.70 Å². The molecule has 0 aromatic heterocycles. The van der Waals surface area contributed by atoms with Gasteiger partial charge in [-0.15, -0.1) is 5.73 Å². The van der Waals surface area contributed by atoms with E-state index in [1.807, 2.05) is 0 Å². The van der Waals surface area contributed by atoms with Gasteiger partial charge in [0.25, 0.3) is 0 Å². The second-order valence-corrected chi connectivity index (χ2v) is 3.03. The molecule has 2 aliphatic rings. The molecule has 0 amide bonds. The number of allylic oxidation sites excluding steroid dienone is 2. The Hall–Kier alpha value is -1.46. The molecule has 0 N–H and O–H groups in total. The fourth-order valence-electron chi connectivity index (χ4n) is 1.48. The molecule has 2 aliphatic heterocycles. The highest BCUT2D eigenvalue weighted by atomic mass is 16.6. The van der Waals surface area contributed by atoms with Crippen molar-refractivity contribution in [3.63, 3.8) is 0 Å². The molecule has 0 fully saturated rings. The first-order valence-electron chi connectivity index (χ1n) is 3.85. The van der Waals surface area contributed by atoms with Crippen LogP contribution in [0.4, 0.5) is 0 Å². The number of hydrogen-bond donors (Lipinski definition) is 0. The number of fused-ring (bicyclic) bond motifs is 1. The van der Waals surface area contributed by atoms with Crippen molar-refractivity contribution in [1.29, 1.82) is 0 Å². The highest BCUT2D eigenvalue weighted by Gasteiger charge is 2.40. The molecule has 0 bridgehead atoms. The summed E-state index contributed by atoms with van der Waals surface area (Å²) in [6.07, 6.45) is 2.75. The van der Waals surface area contributed by atoms with Crippen molar-refractivity contribution in [1.82, 2.24) is 5.73 Å². The zero-order chi connectivity index (χ0) is 9.64. The zero-order valence-electron chi connectivity index (χ0n) is 7.02. The molecule has 0 saturated heterocycles. The molecule has 5 heteroatoms. The molecular formula is C8H7N3O2. The van der Waals surface area contributed by atoms with Gasteiger partial charge in [0, 0.05) is 0 Å². The summed E-state index contributed by atoms with van der Waals surface area (Å²) in [7, 11) is 0. The minimum atomic E-state index is -1.09. The van der Waals surface area contributed by atoms with E-state index in [0.29, 0.717) is 0 Å². The number of hydroxylamine groups is 2. The summed E-state index contributed by atoms with van der Waals surface area (Å²) < 4.78 is -1.09. The van der Waals surface area contributed by atoms with Gasteiger partial charge < -0.3 is 5.21 Å². The first-order chi connectivity index (χ1) is 6.04. The molecule has 0 aromatic carbocycles. The maximum absolute atomic E-state index is 11.8. The number of nitrogens with zero attached hydrogens (tertiary/aromatic N) is 3. The van der Waals surface area contributed by atoms with Gasteiger partial charge in [-0.2, -0.15) is 4.76 Å². The number of rotatable bonds is 0. The number of carbonyl (C=O) groups excluding carboxylic acids is 1. The molecule has 5 nitrogen and oxygen atoms in total. The van der Waals surface area contributed by atoms with E-state index in [2.05, 4.69) is 5.10 Å². The van der Waals surface area contributed by atoms with Crippen LogP contribution in [0.1, 0.15) is 6.92 Å². The normalized spacial score (nSPS) is 32.2. The molecule has 1 atom stereocenters. The Bertz CT molecular complexity index is 381. The second kappa shape index (κ2) is 2.27. The Morgan fingerprint density at radius 2 is 2.38 bits per heavy atom. The average molecular weight is 177 g/mol. The third kappa shape index (κ3) is 0.944. The first-order valence-corrected chi connectivity index (χ1v) is 3.85. The van der Waals surface area contributed by atoms with Crippen molar-refractivity contribution in [2.24, 2.45) is 5.10 Å². The predicted molar refractivity (Wildman–Crippen MR) is 44.9 cm³/mol. The highest BCUT2D eigenvalue weighted by Crippen LogP contribution is 2.30. The van der Waals surface area contributed by atoms with E-state index in [0.717, 1.165) is 0 Å². The van der Waals surface area contributed by atoms with E-state index >= 15 is 0 Å². The molecule has 13 heavy (non-hydrogen) atoms. The van der Waals surface area contributed by atoms with Crippen molar-refractivity contribution in [2.75, 3.05) is 6.54 Å². The van der Waals surface area contributed by atoms with Gasteiger partial charge in [-0.25, -0.2) is 0 Å². The fraction of sp³-hybridized carbons (Fsp3) is 0.250. The number of hydrogen-bond acceptors (Lipinski definition) is 3. The lowest BCUT2D eigenvalue weighted by Gasteiger charge is -2.33. The van der Waals surface area contributed by atoms with Crippen LogP contribution in [0, 0.1) is 5.21 Å². The van der Waals surface area contributed by atoms with Gasteiger partial charge >= 0.3 is 0 Å². The van der Waals surface area contributed by atoms with Gasteiger partial charge in [-0.3, -0.25) is 4.79 Å². The Kier molecular flexibility index (Phi) is 1.43. The average Bonchev–Trinajstić information content (AvgIpc) is 2.24. The van der Waals surface area contributed by atoms with Gasteiger partial charge in [0.05, 0.1) is 0 Å². The first kappa shape index (κ1) is 8.15. The van der Waals surface area contributed by atoms with E-state index in [-0.39, 0.29) is 23.7 Å². The summed E-state index contributed by atoms with van der Waals surface area (Å²) in [5.74, 6) is -0.459. The molecule has 0 saturated carbocycles. The quantitative estimate of drug-likeness (QED) is 0.389. The van der Waals surface area contributed by atoms with Crippen LogP contribution in [0.5, 0.6) is 0 Å². The van der Waals surface area contributed by atoms with Crippen molar-refractivity contribution in [2.45, 2.75) is 6.92 Å². The summed E-state index contributed by atoms with van der Waals surface area (Å²) in [6.45, 7) is 1.58. The topological polar surface area (TPSA) is 74.8 Å². The molecule has 2 heterocycles. The lowest BCUT2D eigenvalue weighted by molar-refractivity contribution is -0.836. The van der Waals surface area contributed by atoms with Crippen LogP contribution in [0.25, 0.3) is 0 Å². The molecule has 2 rings (SSSR count). The van der Waals surface area contributed by atoms with Crippen LogP contribution < -0.4 is 5.73 Å². The number of carbonyl (C=O) groups is 1. The molecule has 66 valence electrons. The largest absolute Gasteiger partial charge is 0.599 e. The minimum absolute atomic E-state index is 0.0719. The van der Waals surface area contributed by atoms with Crippen molar-refractivity contribution >= 4 is 11.5 Å². The number of quaternary nitrogens is 1. The SMILES string of the molecule is CC1=N[N+]2([O-])CC=CC(=O)C2=C1[N]. The Morgan fingerprint density at radius 1 is 1.69 bits per heavy atom. The van der Waals surface area contributed by atoms with Gasteiger partial charge in [-0.05, 0) is 19.1 Å². The Morgan fingerprint density at radius 3 is 3.00 bits per heavy atom. The summed E-state index contributed by atoms with van der Waals surface area (Å²) in [6, 6.07) is 0. The summed E-state index contributed by atoms with van der Waals surface area (Å²) >= 11 is 0. The standard InChI is InChI=1S/C8H7N3O2/c1-5-7(9)8-6(12)3-2-4-11(8,13)10-5/h2-3H,4H2,1H3. The minimum Gasteiger partial charge on any atom is -0.599 e. The summed E-state index contributed by atoms with van der Waals surface area (Å²) in [4.78, 5) is 11.2. The molecule has 1 unspecified atom stereocenters. The Labute approximate surface area is 75.0 Å². The maximum Gasteiger partial charge on any atom is 0.244 e. The monoisotopic (exact) mass is 177 g/mol. The molecule has 0 spiro atoms. The fourth-order valence-corrected chi connectivity index (χ4v) is 1.48. The third-order valence-electron chi connectivity index (χ3n) is 2.08. The molecule has 0 aliphatic carbocycles. The van der Waals surface area contributed by atoms with Crippen LogP contribution in [0.2, 0.25) is 0 Å². The Balaban J connectivity index is 2.62. The van der Waals surface area contributed by atoms with Crippen LogP contribution in [-0.2, 0) is 4.79 Å². The summed E-state index contributed by atoms with van der Waals surface area (Å²) in [5.41, 5.74) is 9.19. The van der Waals surface area contributed by atoms with E-state index in [1.54, 1.807) is 0 Å². The van der Waals surface area contributed by atoms with Gasteiger partial charge in [-0.1, -0.05) is 5.10 Å². The zero-order valence-corrected chi connectivity index (χ0v) is 7.02. The van der Waals surface area contributed by atoms with Crippen molar-refractivity contribution in [3.05, 3.63) is 28.8 Å². The summed E-state index contributed by atoms with van der Waals surface area (Å²) in [5, 5.41) is 15.5. The van der Waals surface area contributed by atoms with Crippen molar-refractivity contribution < 1.29 is 9.55 Å². The molecule has 2 radical (unpaired) electrons. The molecular weight excluding hydrogens is 170 g/mol. The van der Waals surface area contributed by atoms with E-state index in [4.69, 9.17) is 0 Å². The lowest BCUT2D eigenvalue weighted by atomic mass is 10.1. The van der Waals surface area contributed by atoms with E-state index < -0.39 is 10.5 Å². The third-order valence-corrected chi connectivity index (χ3v) is 2.08. The van der Waals surface area contributed by atoms with E-state index in [1.165, 1.54) is 19.1 Å². The highest BCUT2D eigenvalue weighted by molar-refractivity contribution is 6.11. The van der Waals surface area contributed by atoms with E-state index in [9.17, 15) is 15.7 Å². The molecule has 0 aromatic rings. The smallest absolute Gasteiger partial charge is 0.244 e. The van der Waals surface area contributed by atoms with Gasteiger partial charge in [0.2, 0.25) is 11.5 Å². The number of ketones is 1. The predicted octanol–water partition coefficient (Wildman–Crippen LogP) is 0.110. The van der Waals surface area contributed by atoms with Crippen molar-refractivity contribution in [3.8, 4) is 0 Å².